The summed E-state index contributed by atoms with van der Waals surface area (Å²) in [6.07, 6.45) is 6.32. The molecular formula is C22H37N5. The van der Waals surface area contributed by atoms with Gasteiger partial charge in [0.2, 0.25) is 0 Å². The third-order valence-corrected chi connectivity index (χ3v) is 4.58. The van der Waals surface area contributed by atoms with Gasteiger partial charge in [0.15, 0.2) is 0 Å². The Labute approximate surface area is 165 Å². The van der Waals surface area contributed by atoms with E-state index in [4.69, 9.17) is 0 Å². The summed E-state index contributed by atoms with van der Waals surface area (Å²) >= 11 is 0. The van der Waals surface area contributed by atoms with Crippen molar-refractivity contribution < 1.29 is 0 Å². The average molecular weight is 372 g/mol. The molecule has 0 spiro atoms. The summed E-state index contributed by atoms with van der Waals surface area (Å²) in [5.74, 6) is 2.25. The largest absolute Gasteiger partial charge is 0.356 e. The number of hydrogen-bond acceptors (Lipinski definition) is 4. The van der Waals surface area contributed by atoms with Gasteiger partial charge in [-0.3, -0.25) is 5.10 Å². The summed E-state index contributed by atoms with van der Waals surface area (Å²) in [7, 11) is 2.18. The minimum Gasteiger partial charge on any atom is -0.356 e. The van der Waals surface area contributed by atoms with Crippen LogP contribution in [0.3, 0.4) is 0 Å². The summed E-state index contributed by atoms with van der Waals surface area (Å²) in [5.41, 5.74) is 3.51. The average Bonchev–Trinajstić information content (AvgIpc) is 3.06. The Kier molecular flexibility index (Phi) is 8.29. The highest BCUT2D eigenvalue weighted by molar-refractivity contribution is 5.66. The normalized spacial score (nSPS) is 11.7. The van der Waals surface area contributed by atoms with Crippen LogP contribution < -0.4 is 4.90 Å². The van der Waals surface area contributed by atoms with Crippen LogP contribution in [0.25, 0.3) is 11.3 Å². The fraction of sp³-hybridized carbons (Fsp3) is 0.636. The summed E-state index contributed by atoms with van der Waals surface area (Å²) in [6, 6.07) is 4.28. The predicted molar refractivity (Wildman–Crippen MR) is 115 cm³/mol. The van der Waals surface area contributed by atoms with Crippen molar-refractivity contribution in [1.29, 1.82) is 0 Å². The van der Waals surface area contributed by atoms with Crippen LogP contribution >= 0.6 is 0 Å². The van der Waals surface area contributed by atoms with E-state index in [1.807, 2.05) is 12.4 Å². The molecule has 0 aliphatic carbocycles. The molecule has 0 radical (unpaired) electrons. The maximum atomic E-state index is 4.67. The molecule has 0 unspecified atom stereocenters. The van der Waals surface area contributed by atoms with Gasteiger partial charge in [0, 0.05) is 37.0 Å². The molecule has 2 aromatic rings. The lowest BCUT2D eigenvalue weighted by atomic mass is 10.1. The second-order valence-corrected chi connectivity index (χ2v) is 8.46. The van der Waals surface area contributed by atoms with Crippen molar-refractivity contribution in [3.05, 3.63) is 30.1 Å². The van der Waals surface area contributed by atoms with Crippen LogP contribution in [0.2, 0.25) is 0 Å². The zero-order chi connectivity index (χ0) is 19.8. The van der Waals surface area contributed by atoms with Crippen LogP contribution in [-0.4, -0.2) is 46.8 Å². The molecule has 0 bridgehead atoms. The zero-order valence-corrected chi connectivity index (χ0v) is 18.0. The molecule has 2 aromatic heterocycles. The number of nitrogens with one attached hydrogen (secondary N) is 1. The lowest BCUT2D eigenvalue weighted by Gasteiger charge is -2.27. The topological polar surface area (TPSA) is 48.1 Å². The Morgan fingerprint density at radius 2 is 1.81 bits per heavy atom. The molecule has 0 amide bonds. The Bertz CT molecular complexity index is 667. The smallest absolute Gasteiger partial charge is 0.129 e. The number of hydrogen-bond donors (Lipinski definition) is 1. The molecule has 0 saturated carbocycles. The highest BCUT2D eigenvalue weighted by Gasteiger charge is 2.15. The van der Waals surface area contributed by atoms with Crippen molar-refractivity contribution in [3.8, 4) is 11.3 Å². The molecule has 0 aliphatic heterocycles. The first kappa shape index (κ1) is 21.4. The molecule has 2 heterocycles. The van der Waals surface area contributed by atoms with Gasteiger partial charge in [-0.15, -0.1) is 0 Å². The molecule has 5 nitrogen and oxygen atoms in total. The van der Waals surface area contributed by atoms with E-state index in [1.165, 1.54) is 18.4 Å². The summed E-state index contributed by atoms with van der Waals surface area (Å²) in [6.45, 7) is 15.3. The quantitative estimate of drug-likeness (QED) is 0.615. The number of aromatic nitrogens is 3. The standard InChI is InChI=1S/C22H37N5/c1-7-8-11-26(6)16-20-13-24-25-22(20)19-9-10-23-21(12-19)27(14-17(2)3)15-18(4)5/h9-10,12-13,17-18H,7-8,11,14-16H2,1-6H3,(H,24,25). The number of unbranched alkanes of at least 4 members (excludes halogenated alkanes) is 1. The Morgan fingerprint density at radius 3 is 2.44 bits per heavy atom. The van der Waals surface area contributed by atoms with Crippen LogP contribution in [0.5, 0.6) is 0 Å². The fourth-order valence-corrected chi connectivity index (χ4v) is 3.37. The fourth-order valence-electron chi connectivity index (χ4n) is 3.37. The highest BCUT2D eigenvalue weighted by atomic mass is 15.2. The summed E-state index contributed by atoms with van der Waals surface area (Å²) in [5, 5.41) is 7.53. The number of aromatic amines is 1. The van der Waals surface area contributed by atoms with Crippen molar-refractivity contribution >= 4 is 5.82 Å². The van der Waals surface area contributed by atoms with Gasteiger partial charge in [0.25, 0.3) is 0 Å². The number of H-pyrrole nitrogens is 1. The lowest BCUT2D eigenvalue weighted by Crippen LogP contribution is -2.32. The summed E-state index contributed by atoms with van der Waals surface area (Å²) < 4.78 is 0. The van der Waals surface area contributed by atoms with Gasteiger partial charge in [0.1, 0.15) is 5.82 Å². The van der Waals surface area contributed by atoms with Crippen LogP contribution in [0, 0.1) is 11.8 Å². The highest BCUT2D eigenvalue weighted by Crippen LogP contribution is 2.26. The summed E-state index contributed by atoms with van der Waals surface area (Å²) in [4.78, 5) is 9.44. The van der Waals surface area contributed by atoms with Crippen LogP contribution in [0.1, 0.15) is 53.0 Å². The minimum atomic E-state index is 0.601. The molecule has 0 fully saturated rings. The molecular weight excluding hydrogens is 334 g/mol. The second kappa shape index (κ2) is 10.5. The van der Waals surface area contributed by atoms with E-state index in [0.717, 1.165) is 43.3 Å². The molecule has 5 heteroatoms. The van der Waals surface area contributed by atoms with Gasteiger partial charge in [0.05, 0.1) is 11.9 Å². The third kappa shape index (κ3) is 6.65. The first-order valence-electron chi connectivity index (χ1n) is 10.3. The maximum absolute atomic E-state index is 4.67. The predicted octanol–water partition coefficient (Wildman–Crippen LogP) is 4.82. The zero-order valence-electron chi connectivity index (χ0n) is 18.0. The third-order valence-electron chi connectivity index (χ3n) is 4.58. The van der Waals surface area contributed by atoms with Gasteiger partial charge in [-0.1, -0.05) is 41.0 Å². The first-order chi connectivity index (χ1) is 12.9. The molecule has 0 aliphatic rings. The van der Waals surface area contributed by atoms with E-state index in [1.54, 1.807) is 0 Å². The molecule has 150 valence electrons. The van der Waals surface area contributed by atoms with Gasteiger partial charge < -0.3 is 9.80 Å². The van der Waals surface area contributed by atoms with Gasteiger partial charge in [-0.25, -0.2) is 4.98 Å². The molecule has 2 rings (SSSR count). The second-order valence-electron chi connectivity index (χ2n) is 8.46. The van der Waals surface area contributed by atoms with E-state index in [-0.39, 0.29) is 0 Å². The molecule has 27 heavy (non-hydrogen) atoms. The van der Waals surface area contributed by atoms with E-state index in [2.05, 4.69) is 78.8 Å². The minimum absolute atomic E-state index is 0.601. The number of nitrogens with zero attached hydrogens (tertiary/aromatic N) is 4. The van der Waals surface area contributed by atoms with Crippen molar-refractivity contribution in [3.63, 3.8) is 0 Å². The van der Waals surface area contributed by atoms with E-state index < -0.39 is 0 Å². The van der Waals surface area contributed by atoms with Gasteiger partial charge in [-0.05, 0) is 44.0 Å². The van der Waals surface area contributed by atoms with E-state index in [9.17, 15) is 0 Å². The Balaban J connectivity index is 2.23. The number of pyridine rings is 1. The maximum Gasteiger partial charge on any atom is 0.129 e. The van der Waals surface area contributed by atoms with Crippen molar-refractivity contribution in [1.82, 2.24) is 20.1 Å². The van der Waals surface area contributed by atoms with Crippen LogP contribution in [0.4, 0.5) is 5.82 Å². The SMILES string of the molecule is CCCCN(C)Cc1cn[nH]c1-c1ccnc(N(CC(C)C)CC(C)C)c1. The number of anilines is 1. The molecule has 1 N–H and O–H groups in total. The molecule has 0 aromatic carbocycles. The Hall–Kier alpha value is -1.88. The monoisotopic (exact) mass is 371 g/mol. The van der Waals surface area contributed by atoms with E-state index >= 15 is 0 Å². The molecule has 0 saturated heterocycles. The van der Waals surface area contributed by atoms with Crippen LogP contribution in [-0.2, 0) is 6.54 Å². The van der Waals surface area contributed by atoms with Crippen molar-refractivity contribution in [2.45, 2.75) is 54.0 Å². The van der Waals surface area contributed by atoms with Crippen molar-refractivity contribution in [2.75, 3.05) is 31.6 Å². The van der Waals surface area contributed by atoms with Crippen LogP contribution in [0.15, 0.2) is 24.5 Å². The van der Waals surface area contributed by atoms with Gasteiger partial charge in [-0.2, -0.15) is 5.10 Å². The molecule has 0 atom stereocenters. The lowest BCUT2D eigenvalue weighted by molar-refractivity contribution is 0.321. The van der Waals surface area contributed by atoms with E-state index in [0.29, 0.717) is 11.8 Å². The number of rotatable bonds is 11. The van der Waals surface area contributed by atoms with Crippen molar-refractivity contribution in [2.24, 2.45) is 11.8 Å². The first-order valence-corrected chi connectivity index (χ1v) is 10.3. The Morgan fingerprint density at radius 1 is 1.11 bits per heavy atom. The van der Waals surface area contributed by atoms with Gasteiger partial charge >= 0.3 is 0 Å².